The van der Waals surface area contributed by atoms with Gasteiger partial charge in [0.1, 0.15) is 5.82 Å². The van der Waals surface area contributed by atoms with E-state index in [2.05, 4.69) is 4.98 Å². The minimum atomic E-state index is -0.779. The van der Waals surface area contributed by atoms with Gasteiger partial charge in [0, 0.05) is 18.8 Å². The van der Waals surface area contributed by atoms with Crippen LogP contribution in [-0.2, 0) is 4.79 Å². The van der Waals surface area contributed by atoms with Crippen molar-refractivity contribution >= 4 is 11.8 Å². The zero-order valence-corrected chi connectivity index (χ0v) is 9.97. The third kappa shape index (κ3) is 3.53. The van der Waals surface area contributed by atoms with Crippen LogP contribution in [-0.4, -0.2) is 28.6 Å². The SMILES string of the molecule is Cc1ccnc(N(CCC(=O)O)C(C)C)c1. The molecule has 1 N–H and O–H groups in total. The van der Waals surface area contributed by atoms with Gasteiger partial charge >= 0.3 is 5.97 Å². The first-order valence-corrected chi connectivity index (χ1v) is 5.42. The Kier molecular flexibility index (Phi) is 4.28. The van der Waals surface area contributed by atoms with Gasteiger partial charge in [0.25, 0.3) is 0 Å². The fourth-order valence-corrected chi connectivity index (χ4v) is 1.53. The quantitative estimate of drug-likeness (QED) is 0.828. The van der Waals surface area contributed by atoms with Gasteiger partial charge in [-0.25, -0.2) is 4.98 Å². The molecule has 0 saturated carbocycles. The highest BCUT2D eigenvalue weighted by molar-refractivity contribution is 5.67. The van der Waals surface area contributed by atoms with Crippen LogP contribution in [0.2, 0.25) is 0 Å². The highest BCUT2D eigenvalue weighted by Gasteiger charge is 2.13. The largest absolute Gasteiger partial charge is 0.481 e. The van der Waals surface area contributed by atoms with Crippen molar-refractivity contribution in [1.82, 2.24) is 4.98 Å². The summed E-state index contributed by atoms with van der Waals surface area (Å²) in [5, 5.41) is 8.70. The van der Waals surface area contributed by atoms with E-state index >= 15 is 0 Å². The summed E-state index contributed by atoms with van der Waals surface area (Å²) in [6.45, 7) is 6.56. The van der Waals surface area contributed by atoms with Crippen molar-refractivity contribution in [3.05, 3.63) is 23.9 Å². The van der Waals surface area contributed by atoms with Gasteiger partial charge in [-0.05, 0) is 38.5 Å². The van der Waals surface area contributed by atoms with Crippen molar-refractivity contribution in [3.8, 4) is 0 Å². The molecule has 88 valence electrons. The number of carbonyl (C=O) groups is 1. The molecule has 1 aromatic heterocycles. The predicted octanol–water partition coefficient (Wildman–Crippen LogP) is 2.08. The molecule has 0 aliphatic carbocycles. The molecule has 0 radical (unpaired) electrons. The lowest BCUT2D eigenvalue weighted by Gasteiger charge is -2.27. The van der Waals surface area contributed by atoms with Crippen LogP contribution in [0.15, 0.2) is 18.3 Å². The van der Waals surface area contributed by atoms with Crippen LogP contribution in [0.5, 0.6) is 0 Å². The molecule has 4 nitrogen and oxygen atoms in total. The normalized spacial score (nSPS) is 10.5. The molecular formula is C12H18N2O2. The molecule has 0 aromatic carbocycles. The number of rotatable bonds is 5. The first-order chi connectivity index (χ1) is 7.50. The van der Waals surface area contributed by atoms with E-state index in [9.17, 15) is 4.79 Å². The van der Waals surface area contributed by atoms with Crippen molar-refractivity contribution in [2.75, 3.05) is 11.4 Å². The zero-order valence-electron chi connectivity index (χ0n) is 9.97. The van der Waals surface area contributed by atoms with Gasteiger partial charge in [0.2, 0.25) is 0 Å². The van der Waals surface area contributed by atoms with E-state index in [4.69, 9.17) is 5.11 Å². The number of aryl methyl sites for hydroxylation is 1. The fourth-order valence-electron chi connectivity index (χ4n) is 1.53. The molecule has 0 bridgehead atoms. The molecule has 0 amide bonds. The summed E-state index contributed by atoms with van der Waals surface area (Å²) in [5.74, 6) is 0.0644. The highest BCUT2D eigenvalue weighted by atomic mass is 16.4. The van der Waals surface area contributed by atoms with Gasteiger partial charge in [-0.1, -0.05) is 0 Å². The van der Waals surface area contributed by atoms with E-state index in [1.54, 1.807) is 6.20 Å². The topological polar surface area (TPSA) is 53.4 Å². The fraction of sp³-hybridized carbons (Fsp3) is 0.500. The Hall–Kier alpha value is -1.58. The number of hydrogen-bond donors (Lipinski definition) is 1. The van der Waals surface area contributed by atoms with Crippen LogP contribution in [0.1, 0.15) is 25.8 Å². The van der Waals surface area contributed by atoms with Gasteiger partial charge in [-0.15, -0.1) is 0 Å². The number of aliphatic carboxylic acids is 1. The smallest absolute Gasteiger partial charge is 0.305 e. The lowest BCUT2D eigenvalue weighted by atomic mass is 10.2. The Balaban J connectivity index is 2.81. The van der Waals surface area contributed by atoms with Crippen molar-refractivity contribution < 1.29 is 9.90 Å². The lowest BCUT2D eigenvalue weighted by Crippen LogP contribution is -2.33. The van der Waals surface area contributed by atoms with Gasteiger partial charge in [-0.2, -0.15) is 0 Å². The van der Waals surface area contributed by atoms with Crippen LogP contribution in [0, 0.1) is 6.92 Å². The Morgan fingerprint density at radius 1 is 1.56 bits per heavy atom. The van der Waals surface area contributed by atoms with E-state index < -0.39 is 5.97 Å². The Morgan fingerprint density at radius 2 is 2.25 bits per heavy atom. The number of aromatic nitrogens is 1. The average molecular weight is 222 g/mol. The zero-order chi connectivity index (χ0) is 12.1. The maximum atomic E-state index is 10.6. The van der Waals surface area contributed by atoms with E-state index in [0.717, 1.165) is 11.4 Å². The Morgan fingerprint density at radius 3 is 2.75 bits per heavy atom. The minimum Gasteiger partial charge on any atom is -0.481 e. The van der Waals surface area contributed by atoms with Gasteiger partial charge in [0.05, 0.1) is 6.42 Å². The standard InChI is InChI=1S/C12H18N2O2/c1-9(2)14(7-5-12(15)16)11-8-10(3)4-6-13-11/h4,6,8-9H,5,7H2,1-3H3,(H,15,16). The molecule has 0 fully saturated rings. The first kappa shape index (κ1) is 12.5. The minimum absolute atomic E-state index is 0.133. The van der Waals surface area contributed by atoms with Crippen LogP contribution in [0.3, 0.4) is 0 Å². The summed E-state index contributed by atoms with van der Waals surface area (Å²) in [6.07, 6.45) is 1.88. The van der Waals surface area contributed by atoms with Crippen LogP contribution < -0.4 is 4.90 Å². The summed E-state index contributed by atoms with van der Waals surface area (Å²) in [4.78, 5) is 16.9. The highest BCUT2D eigenvalue weighted by Crippen LogP contribution is 2.15. The second-order valence-corrected chi connectivity index (χ2v) is 4.12. The van der Waals surface area contributed by atoms with Gasteiger partial charge in [0.15, 0.2) is 0 Å². The van der Waals surface area contributed by atoms with E-state index in [0.29, 0.717) is 6.54 Å². The molecule has 0 atom stereocenters. The third-order valence-corrected chi connectivity index (χ3v) is 2.39. The summed E-state index contributed by atoms with van der Waals surface area (Å²) in [5.41, 5.74) is 1.13. The molecule has 0 unspecified atom stereocenters. The third-order valence-electron chi connectivity index (χ3n) is 2.39. The van der Waals surface area contributed by atoms with Crippen molar-refractivity contribution in [2.45, 2.75) is 33.2 Å². The molecular weight excluding hydrogens is 204 g/mol. The number of pyridine rings is 1. The lowest BCUT2D eigenvalue weighted by molar-refractivity contribution is -0.136. The van der Waals surface area contributed by atoms with Crippen LogP contribution in [0.4, 0.5) is 5.82 Å². The maximum Gasteiger partial charge on any atom is 0.305 e. The molecule has 0 spiro atoms. The van der Waals surface area contributed by atoms with Gasteiger partial charge < -0.3 is 10.0 Å². The molecule has 16 heavy (non-hydrogen) atoms. The second kappa shape index (κ2) is 5.49. The molecule has 0 aliphatic rings. The summed E-state index contributed by atoms with van der Waals surface area (Å²) in [7, 11) is 0. The number of nitrogens with zero attached hydrogens (tertiary/aromatic N) is 2. The number of carboxylic acids is 1. The van der Waals surface area contributed by atoms with Crippen molar-refractivity contribution in [3.63, 3.8) is 0 Å². The van der Waals surface area contributed by atoms with Crippen molar-refractivity contribution in [2.24, 2.45) is 0 Å². The Bertz CT molecular complexity index is 364. The summed E-state index contributed by atoms with van der Waals surface area (Å²) >= 11 is 0. The number of hydrogen-bond acceptors (Lipinski definition) is 3. The molecule has 1 heterocycles. The summed E-state index contributed by atoms with van der Waals surface area (Å²) < 4.78 is 0. The second-order valence-electron chi connectivity index (χ2n) is 4.12. The average Bonchev–Trinajstić information content (AvgIpc) is 2.17. The number of carboxylic acid groups (broad SMARTS) is 1. The molecule has 1 rings (SSSR count). The number of anilines is 1. The van der Waals surface area contributed by atoms with Crippen LogP contribution >= 0.6 is 0 Å². The molecule has 0 saturated heterocycles. The predicted molar refractivity (Wildman–Crippen MR) is 63.7 cm³/mol. The van der Waals surface area contributed by atoms with Crippen LogP contribution in [0.25, 0.3) is 0 Å². The maximum absolute atomic E-state index is 10.6. The molecule has 0 aliphatic heterocycles. The monoisotopic (exact) mass is 222 g/mol. The summed E-state index contributed by atoms with van der Waals surface area (Å²) in [6, 6.07) is 4.15. The first-order valence-electron chi connectivity index (χ1n) is 5.42. The van der Waals surface area contributed by atoms with Gasteiger partial charge in [-0.3, -0.25) is 4.79 Å². The van der Waals surface area contributed by atoms with E-state index in [1.807, 2.05) is 37.8 Å². The Labute approximate surface area is 95.9 Å². The molecule has 4 heteroatoms. The van der Waals surface area contributed by atoms with Crippen molar-refractivity contribution in [1.29, 1.82) is 0 Å². The van der Waals surface area contributed by atoms with E-state index in [-0.39, 0.29) is 12.5 Å². The van der Waals surface area contributed by atoms with E-state index in [1.165, 1.54) is 0 Å². The molecule has 1 aromatic rings.